The van der Waals surface area contributed by atoms with Gasteiger partial charge in [0.2, 0.25) is 10.0 Å². The lowest BCUT2D eigenvalue weighted by molar-refractivity contribution is 0.0939. The number of carbonyl (C=O) groups excluding carboxylic acids is 1. The van der Waals surface area contributed by atoms with Crippen LogP contribution in [0.1, 0.15) is 65.7 Å². The zero-order valence-electron chi connectivity index (χ0n) is 17.4. The van der Waals surface area contributed by atoms with E-state index in [1.807, 2.05) is 32.9 Å². The van der Waals surface area contributed by atoms with Crippen molar-refractivity contribution in [1.82, 2.24) is 9.62 Å². The van der Waals surface area contributed by atoms with Gasteiger partial charge in [-0.3, -0.25) is 4.79 Å². The lowest BCUT2D eigenvalue weighted by Gasteiger charge is -2.21. The number of carbonyl (C=O) groups is 1. The van der Waals surface area contributed by atoms with E-state index in [0.29, 0.717) is 18.7 Å². The van der Waals surface area contributed by atoms with Crippen LogP contribution in [0.5, 0.6) is 0 Å². The number of sulfonamides is 1. The molecule has 0 saturated carbocycles. The quantitative estimate of drug-likeness (QED) is 0.790. The molecule has 1 unspecified atom stereocenters. The second kappa shape index (κ2) is 9.09. The number of hydrogen-bond donors (Lipinski definition) is 1. The molecule has 0 radical (unpaired) electrons. The minimum absolute atomic E-state index is 0.173. The summed E-state index contributed by atoms with van der Waals surface area (Å²) in [7, 11) is -3.58. The fourth-order valence-electron chi connectivity index (χ4n) is 3.81. The van der Waals surface area contributed by atoms with Crippen LogP contribution in [-0.4, -0.2) is 31.7 Å². The summed E-state index contributed by atoms with van der Waals surface area (Å²) in [5.41, 5.74) is 3.67. The van der Waals surface area contributed by atoms with Crippen LogP contribution in [0.3, 0.4) is 0 Å². The summed E-state index contributed by atoms with van der Waals surface area (Å²) in [5, 5.41) is 3.00. The SMILES string of the molecule is Cc1ccc(C)c(C(C)NC(=O)c2cccc(S(=O)(=O)N3CCCCCC3)c2)c1. The fraction of sp³-hybridized carbons (Fsp3) is 0.435. The molecule has 1 saturated heterocycles. The minimum atomic E-state index is -3.58. The van der Waals surface area contributed by atoms with Crippen molar-refractivity contribution in [1.29, 1.82) is 0 Å². The molecular weight excluding hydrogens is 384 g/mol. The molecule has 0 bridgehead atoms. The van der Waals surface area contributed by atoms with Gasteiger partial charge in [0.1, 0.15) is 0 Å². The Morgan fingerprint density at radius 1 is 1.00 bits per heavy atom. The van der Waals surface area contributed by atoms with E-state index >= 15 is 0 Å². The third-order valence-corrected chi connectivity index (χ3v) is 7.44. The molecule has 1 fully saturated rings. The van der Waals surface area contributed by atoms with Crippen LogP contribution in [-0.2, 0) is 10.0 Å². The van der Waals surface area contributed by atoms with Crippen LogP contribution in [0.25, 0.3) is 0 Å². The maximum atomic E-state index is 13.0. The highest BCUT2D eigenvalue weighted by Crippen LogP contribution is 2.22. The third kappa shape index (κ3) is 5.06. The van der Waals surface area contributed by atoms with Gasteiger partial charge in [-0.2, -0.15) is 4.31 Å². The van der Waals surface area contributed by atoms with E-state index in [1.165, 1.54) is 6.07 Å². The predicted molar refractivity (Wildman–Crippen MR) is 115 cm³/mol. The molecule has 1 aliphatic heterocycles. The maximum absolute atomic E-state index is 13.0. The van der Waals surface area contributed by atoms with Crippen molar-refractivity contribution in [2.75, 3.05) is 13.1 Å². The Morgan fingerprint density at radius 2 is 1.69 bits per heavy atom. The summed E-state index contributed by atoms with van der Waals surface area (Å²) in [4.78, 5) is 13.0. The largest absolute Gasteiger partial charge is 0.346 e. The van der Waals surface area contributed by atoms with Crippen molar-refractivity contribution in [3.05, 3.63) is 64.7 Å². The van der Waals surface area contributed by atoms with Gasteiger partial charge in [-0.25, -0.2) is 8.42 Å². The van der Waals surface area contributed by atoms with Crippen LogP contribution in [0.2, 0.25) is 0 Å². The Hall–Kier alpha value is -2.18. The first-order valence-electron chi connectivity index (χ1n) is 10.3. The van der Waals surface area contributed by atoms with Crippen LogP contribution in [0.4, 0.5) is 0 Å². The monoisotopic (exact) mass is 414 g/mol. The second-order valence-electron chi connectivity index (χ2n) is 7.90. The van der Waals surface area contributed by atoms with Crippen molar-refractivity contribution >= 4 is 15.9 Å². The van der Waals surface area contributed by atoms with Gasteiger partial charge in [0.25, 0.3) is 5.91 Å². The first-order chi connectivity index (χ1) is 13.8. The van der Waals surface area contributed by atoms with E-state index in [-0.39, 0.29) is 16.8 Å². The molecule has 6 heteroatoms. The molecule has 1 aliphatic rings. The zero-order chi connectivity index (χ0) is 21.0. The molecule has 2 aromatic rings. The standard InChI is InChI=1S/C23H30N2O3S/c1-17-11-12-18(2)22(15-17)19(3)24-23(26)20-9-8-10-21(16-20)29(27,28)25-13-6-4-5-7-14-25/h8-12,15-16,19H,4-7,13-14H2,1-3H3,(H,24,26). The normalized spacial score (nSPS) is 16.8. The zero-order valence-corrected chi connectivity index (χ0v) is 18.3. The summed E-state index contributed by atoms with van der Waals surface area (Å²) >= 11 is 0. The molecule has 29 heavy (non-hydrogen) atoms. The average molecular weight is 415 g/mol. The molecule has 1 N–H and O–H groups in total. The summed E-state index contributed by atoms with van der Waals surface area (Å²) in [6, 6.07) is 12.4. The number of nitrogens with zero attached hydrogens (tertiary/aromatic N) is 1. The van der Waals surface area contributed by atoms with Crippen LogP contribution < -0.4 is 5.32 Å². The van der Waals surface area contributed by atoms with Crippen molar-refractivity contribution in [2.24, 2.45) is 0 Å². The molecule has 156 valence electrons. The van der Waals surface area contributed by atoms with Gasteiger partial charge in [-0.1, -0.05) is 42.7 Å². The Bertz CT molecular complexity index is 977. The van der Waals surface area contributed by atoms with Crippen molar-refractivity contribution in [3.8, 4) is 0 Å². The molecule has 0 spiro atoms. The second-order valence-corrected chi connectivity index (χ2v) is 9.84. The van der Waals surface area contributed by atoms with E-state index in [4.69, 9.17) is 0 Å². The highest BCUT2D eigenvalue weighted by atomic mass is 32.2. The Morgan fingerprint density at radius 3 is 2.38 bits per heavy atom. The predicted octanol–water partition coefficient (Wildman–Crippen LogP) is 4.36. The first kappa shape index (κ1) is 21.5. The lowest BCUT2D eigenvalue weighted by Crippen LogP contribution is -2.32. The molecule has 1 atom stereocenters. The smallest absolute Gasteiger partial charge is 0.251 e. The average Bonchev–Trinajstić information content (AvgIpc) is 3.00. The number of aryl methyl sites for hydroxylation is 2. The fourth-order valence-corrected chi connectivity index (χ4v) is 5.38. The third-order valence-electron chi connectivity index (χ3n) is 5.55. The van der Waals surface area contributed by atoms with E-state index in [1.54, 1.807) is 22.5 Å². The molecular formula is C23H30N2O3S. The number of nitrogens with one attached hydrogen (secondary N) is 1. The number of amides is 1. The van der Waals surface area contributed by atoms with E-state index in [0.717, 1.165) is 42.4 Å². The summed E-state index contributed by atoms with van der Waals surface area (Å²) in [5.74, 6) is -0.272. The van der Waals surface area contributed by atoms with Gasteiger partial charge in [0, 0.05) is 18.7 Å². The van der Waals surface area contributed by atoms with Gasteiger partial charge in [0.15, 0.2) is 0 Å². The molecule has 1 heterocycles. The van der Waals surface area contributed by atoms with Gasteiger partial charge < -0.3 is 5.32 Å². The molecule has 0 aliphatic carbocycles. The van der Waals surface area contributed by atoms with Crippen molar-refractivity contribution in [3.63, 3.8) is 0 Å². The Balaban J connectivity index is 1.79. The molecule has 0 aromatic heterocycles. The minimum Gasteiger partial charge on any atom is -0.346 e. The molecule has 2 aromatic carbocycles. The van der Waals surface area contributed by atoms with Crippen molar-refractivity contribution in [2.45, 2.75) is 57.4 Å². The van der Waals surface area contributed by atoms with E-state index in [9.17, 15) is 13.2 Å². The number of rotatable bonds is 5. The van der Waals surface area contributed by atoms with E-state index in [2.05, 4.69) is 11.4 Å². The molecule has 3 rings (SSSR count). The first-order valence-corrected chi connectivity index (χ1v) is 11.7. The summed E-state index contributed by atoms with van der Waals surface area (Å²) in [6.45, 7) is 7.07. The van der Waals surface area contributed by atoms with Gasteiger partial charge in [0.05, 0.1) is 10.9 Å². The maximum Gasteiger partial charge on any atom is 0.251 e. The number of benzene rings is 2. The topological polar surface area (TPSA) is 66.5 Å². The molecule has 1 amide bonds. The molecule has 5 nitrogen and oxygen atoms in total. The van der Waals surface area contributed by atoms with E-state index < -0.39 is 10.0 Å². The van der Waals surface area contributed by atoms with Crippen LogP contribution in [0, 0.1) is 13.8 Å². The van der Waals surface area contributed by atoms with Gasteiger partial charge in [-0.15, -0.1) is 0 Å². The lowest BCUT2D eigenvalue weighted by atomic mass is 10.00. The van der Waals surface area contributed by atoms with Crippen LogP contribution >= 0.6 is 0 Å². The van der Waals surface area contributed by atoms with Crippen LogP contribution in [0.15, 0.2) is 47.4 Å². The number of hydrogen-bond acceptors (Lipinski definition) is 3. The summed E-state index contributed by atoms with van der Waals surface area (Å²) < 4.78 is 27.6. The van der Waals surface area contributed by atoms with Gasteiger partial charge >= 0.3 is 0 Å². The van der Waals surface area contributed by atoms with Crippen molar-refractivity contribution < 1.29 is 13.2 Å². The highest BCUT2D eigenvalue weighted by molar-refractivity contribution is 7.89. The summed E-state index contributed by atoms with van der Waals surface area (Å²) in [6.07, 6.45) is 3.88. The Kier molecular flexibility index (Phi) is 6.75. The Labute approximate surface area is 174 Å². The highest BCUT2D eigenvalue weighted by Gasteiger charge is 2.26. The van der Waals surface area contributed by atoms with Gasteiger partial charge in [-0.05, 0) is 62.9 Å².